The minimum absolute atomic E-state index is 0.0990. The molecule has 0 spiro atoms. The number of rotatable bonds is 8. The zero-order valence-corrected chi connectivity index (χ0v) is 18.4. The Bertz CT molecular complexity index is 1010. The molecule has 1 aliphatic heterocycles. The highest BCUT2D eigenvalue weighted by Gasteiger charge is 2.32. The van der Waals surface area contributed by atoms with Gasteiger partial charge in [-0.3, -0.25) is 19.0 Å². The first-order valence-corrected chi connectivity index (χ1v) is 10.8. The van der Waals surface area contributed by atoms with Crippen LogP contribution in [0, 0.1) is 0 Å². The van der Waals surface area contributed by atoms with Crippen molar-refractivity contribution >= 4 is 34.8 Å². The maximum Gasteiger partial charge on any atom is 0.418 e. The van der Waals surface area contributed by atoms with Crippen LogP contribution in [0.5, 0.6) is 0 Å². The summed E-state index contributed by atoms with van der Waals surface area (Å²) < 4.78 is 6.13. The summed E-state index contributed by atoms with van der Waals surface area (Å²) in [6, 6.07) is 6.71. The smallest absolute Gasteiger partial charge is 0.418 e. The van der Waals surface area contributed by atoms with Gasteiger partial charge in [0, 0.05) is 31.6 Å². The Morgan fingerprint density at radius 1 is 1.22 bits per heavy atom. The van der Waals surface area contributed by atoms with Crippen LogP contribution in [0.3, 0.4) is 0 Å². The Hall–Kier alpha value is -3.36. The number of carbonyl (C=O) groups excluding carboxylic acids is 3. The van der Waals surface area contributed by atoms with Crippen molar-refractivity contribution < 1.29 is 29.0 Å². The molecule has 172 valence electrons. The van der Waals surface area contributed by atoms with Crippen LogP contribution in [0.25, 0.3) is 10.9 Å². The van der Waals surface area contributed by atoms with Crippen molar-refractivity contribution in [1.29, 1.82) is 0 Å². The molecule has 1 fully saturated rings. The summed E-state index contributed by atoms with van der Waals surface area (Å²) in [5, 5.41) is 13.4. The monoisotopic (exact) mass is 443 g/mol. The number of carboxylic acids is 1. The van der Waals surface area contributed by atoms with E-state index in [0.29, 0.717) is 55.2 Å². The van der Waals surface area contributed by atoms with Crippen LogP contribution in [0.1, 0.15) is 50.5 Å². The van der Waals surface area contributed by atoms with Crippen molar-refractivity contribution in [1.82, 2.24) is 14.8 Å². The molecule has 0 saturated carbocycles. The number of unbranched alkanes of at least 4 members (excludes halogenated alkanes) is 1. The maximum atomic E-state index is 12.4. The Balaban J connectivity index is 1.60. The first kappa shape index (κ1) is 23.3. The van der Waals surface area contributed by atoms with Crippen molar-refractivity contribution in [2.45, 2.75) is 51.0 Å². The number of hydrogen-bond donors (Lipinski definition) is 2. The zero-order chi connectivity index (χ0) is 23.3. The van der Waals surface area contributed by atoms with E-state index in [1.807, 2.05) is 0 Å². The number of hydrogen-bond acceptors (Lipinski definition) is 5. The number of likely N-dealkylation sites (tertiary alicyclic amines) is 1. The molecule has 9 nitrogen and oxygen atoms in total. The third-order valence-electron chi connectivity index (χ3n) is 5.97. The fraction of sp³-hybridized carbons (Fsp3) is 0.478. The van der Waals surface area contributed by atoms with E-state index in [-0.39, 0.29) is 11.8 Å². The van der Waals surface area contributed by atoms with Gasteiger partial charge in [-0.2, -0.15) is 0 Å². The van der Waals surface area contributed by atoms with E-state index >= 15 is 0 Å². The lowest BCUT2D eigenvalue weighted by Crippen LogP contribution is -2.45. The Morgan fingerprint density at radius 3 is 2.66 bits per heavy atom. The van der Waals surface area contributed by atoms with Crippen LogP contribution in [0.15, 0.2) is 30.5 Å². The molecule has 0 bridgehead atoms. The first-order chi connectivity index (χ1) is 15.3. The number of methoxy groups -OCH3 is 1. The number of carbonyl (C=O) groups is 4. The molecule has 2 unspecified atom stereocenters. The van der Waals surface area contributed by atoms with Gasteiger partial charge in [0.25, 0.3) is 0 Å². The van der Waals surface area contributed by atoms with Gasteiger partial charge >= 0.3 is 12.1 Å². The van der Waals surface area contributed by atoms with E-state index in [4.69, 9.17) is 4.74 Å². The number of aliphatic carboxylic acids is 1. The topological polar surface area (TPSA) is 118 Å². The summed E-state index contributed by atoms with van der Waals surface area (Å²) in [4.78, 5) is 49.7. The lowest BCUT2D eigenvalue weighted by atomic mass is 9.93. The highest BCUT2D eigenvalue weighted by molar-refractivity contribution is 5.95. The molecular weight excluding hydrogens is 414 g/mol. The molecular formula is C23H29N3O6. The van der Waals surface area contributed by atoms with Crippen LogP contribution in [-0.2, 0) is 19.1 Å². The summed E-state index contributed by atoms with van der Waals surface area (Å²) >= 11 is 0. The molecule has 0 radical (unpaired) electrons. The highest BCUT2D eigenvalue weighted by Crippen LogP contribution is 2.31. The molecule has 2 atom stereocenters. The van der Waals surface area contributed by atoms with Crippen molar-refractivity contribution in [2.24, 2.45) is 0 Å². The molecule has 2 aromatic rings. The third kappa shape index (κ3) is 4.92. The Morgan fingerprint density at radius 2 is 1.97 bits per heavy atom. The molecule has 0 aliphatic carbocycles. The van der Waals surface area contributed by atoms with Crippen LogP contribution >= 0.6 is 0 Å². The fourth-order valence-corrected chi connectivity index (χ4v) is 4.36. The lowest BCUT2D eigenvalue weighted by Gasteiger charge is -2.22. The van der Waals surface area contributed by atoms with Crippen LogP contribution < -0.4 is 5.32 Å². The molecule has 1 saturated heterocycles. The number of carboxylic acid groups (broad SMARTS) is 1. The Labute approximate surface area is 186 Å². The number of para-hydroxylation sites is 1. The molecule has 3 rings (SSSR count). The second kappa shape index (κ2) is 10.3. The predicted octanol–water partition coefficient (Wildman–Crippen LogP) is 2.72. The van der Waals surface area contributed by atoms with E-state index in [9.17, 15) is 24.3 Å². The minimum Gasteiger partial charge on any atom is -0.481 e. The van der Waals surface area contributed by atoms with E-state index in [0.717, 1.165) is 6.42 Å². The number of fused-ring (bicyclic) bond motifs is 1. The average molecular weight is 444 g/mol. The van der Waals surface area contributed by atoms with Gasteiger partial charge in [0.15, 0.2) is 0 Å². The van der Waals surface area contributed by atoms with E-state index in [2.05, 4.69) is 5.32 Å². The molecule has 1 aromatic carbocycles. The Kier molecular flexibility index (Phi) is 7.50. The van der Waals surface area contributed by atoms with E-state index in [1.54, 1.807) is 29.2 Å². The molecule has 2 heterocycles. The van der Waals surface area contributed by atoms with Crippen molar-refractivity contribution in [3.8, 4) is 0 Å². The number of amides is 2. The van der Waals surface area contributed by atoms with Crippen molar-refractivity contribution in [3.63, 3.8) is 0 Å². The fourth-order valence-electron chi connectivity index (χ4n) is 4.36. The molecule has 1 aromatic heterocycles. The second-order valence-corrected chi connectivity index (χ2v) is 7.99. The van der Waals surface area contributed by atoms with E-state index in [1.165, 1.54) is 24.8 Å². The number of nitrogens with zero attached hydrogens (tertiary/aromatic N) is 2. The summed E-state index contributed by atoms with van der Waals surface area (Å²) in [6.45, 7) is 2.49. The van der Waals surface area contributed by atoms with Crippen LogP contribution in [-0.4, -0.2) is 64.7 Å². The van der Waals surface area contributed by atoms with Crippen molar-refractivity contribution in [3.05, 3.63) is 36.0 Å². The quantitative estimate of drug-likeness (QED) is 0.606. The number of benzene rings is 1. The SMILES string of the molecule is COC(=O)n1cc(C(CCCCNC(=O)C2CCCN2C(C)=O)C(=O)O)c2ccccc21. The van der Waals surface area contributed by atoms with Gasteiger partial charge in [-0.15, -0.1) is 0 Å². The predicted molar refractivity (Wildman–Crippen MR) is 117 cm³/mol. The summed E-state index contributed by atoms with van der Waals surface area (Å²) in [5.74, 6) is -2.01. The zero-order valence-electron chi connectivity index (χ0n) is 18.4. The van der Waals surface area contributed by atoms with Gasteiger partial charge in [-0.25, -0.2) is 4.79 Å². The molecule has 2 amide bonds. The summed E-state index contributed by atoms with van der Waals surface area (Å²) in [6.07, 6.45) is 3.99. The largest absolute Gasteiger partial charge is 0.481 e. The first-order valence-electron chi connectivity index (χ1n) is 10.8. The lowest BCUT2D eigenvalue weighted by molar-refractivity contribution is -0.139. The number of ether oxygens (including phenoxy) is 1. The third-order valence-corrected chi connectivity index (χ3v) is 5.97. The van der Waals surface area contributed by atoms with Crippen LogP contribution in [0.2, 0.25) is 0 Å². The van der Waals surface area contributed by atoms with Gasteiger partial charge in [0.1, 0.15) is 6.04 Å². The molecule has 32 heavy (non-hydrogen) atoms. The highest BCUT2D eigenvalue weighted by atomic mass is 16.5. The second-order valence-electron chi connectivity index (χ2n) is 7.99. The normalized spacial score (nSPS) is 16.7. The van der Waals surface area contributed by atoms with Gasteiger partial charge in [-0.1, -0.05) is 24.6 Å². The van der Waals surface area contributed by atoms with Crippen LogP contribution in [0.4, 0.5) is 4.79 Å². The molecule has 2 N–H and O–H groups in total. The number of aromatic nitrogens is 1. The summed E-state index contributed by atoms with van der Waals surface area (Å²) in [7, 11) is 1.28. The average Bonchev–Trinajstić information content (AvgIpc) is 3.41. The molecule has 1 aliphatic rings. The molecule has 9 heteroatoms. The van der Waals surface area contributed by atoms with E-state index < -0.39 is 24.0 Å². The standard InChI is InChI=1S/C23H29N3O6/c1-15(27)25-13-7-11-20(25)21(28)24-12-6-5-9-17(22(29)30)18-14-26(23(31)32-2)19-10-4-3-8-16(18)19/h3-4,8,10,14,17,20H,5-7,9,11-13H2,1-2H3,(H,24,28)(H,29,30). The van der Waals surface area contributed by atoms with Gasteiger partial charge in [0.2, 0.25) is 11.8 Å². The van der Waals surface area contributed by atoms with Gasteiger partial charge in [0.05, 0.1) is 18.5 Å². The van der Waals surface area contributed by atoms with Gasteiger partial charge in [-0.05, 0) is 37.3 Å². The van der Waals surface area contributed by atoms with Crippen molar-refractivity contribution in [2.75, 3.05) is 20.2 Å². The summed E-state index contributed by atoms with van der Waals surface area (Å²) in [5.41, 5.74) is 1.16. The minimum atomic E-state index is -0.968. The maximum absolute atomic E-state index is 12.4. The number of nitrogens with one attached hydrogen (secondary N) is 1. The van der Waals surface area contributed by atoms with Gasteiger partial charge < -0.3 is 20.1 Å².